The molecule has 1 aliphatic rings. The number of aromatic nitrogens is 1. The van der Waals surface area contributed by atoms with Gasteiger partial charge in [-0.1, -0.05) is 18.2 Å². The second-order valence-corrected chi connectivity index (χ2v) is 8.04. The summed E-state index contributed by atoms with van der Waals surface area (Å²) in [6.07, 6.45) is 3.36. The van der Waals surface area contributed by atoms with Crippen molar-refractivity contribution in [1.82, 2.24) is 15.6 Å². The third kappa shape index (κ3) is 6.34. The smallest absolute Gasteiger partial charge is 0.191 e. The lowest BCUT2D eigenvalue weighted by Gasteiger charge is -2.35. The molecule has 0 radical (unpaired) electrons. The molecule has 1 fully saturated rings. The normalized spacial score (nSPS) is 17.4. The number of anilines is 1. The van der Waals surface area contributed by atoms with Crippen LogP contribution in [0.2, 0.25) is 0 Å². The first-order valence-electron chi connectivity index (χ1n) is 9.36. The summed E-state index contributed by atoms with van der Waals surface area (Å²) in [5.41, 5.74) is 2.46. The minimum absolute atomic E-state index is 0. The highest BCUT2D eigenvalue weighted by atomic mass is 127. The SMILES string of the molecule is CN=C(NCCc1sc(C)nc1C)NC1CCCN(c2ccccc2)C1.I. The fourth-order valence-electron chi connectivity index (χ4n) is 3.46. The Kier molecular flexibility index (Phi) is 8.82. The van der Waals surface area contributed by atoms with Crippen LogP contribution in [0, 0.1) is 13.8 Å². The zero-order valence-electron chi connectivity index (χ0n) is 16.4. The third-order valence-corrected chi connectivity index (χ3v) is 5.88. The lowest BCUT2D eigenvalue weighted by Crippen LogP contribution is -2.51. The quantitative estimate of drug-likeness (QED) is 0.374. The first-order chi connectivity index (χ1) is 12.7. The molecule has 0 aliphatic carbocycles. The van der Waals surface area contributed by atoms with Crippen LogP contribution < -0.4 is 15.5 Å². The van der Waals surface area contributed by atoms with Crippen LogP contribution >= 0.6 is 35.3 Å². The molecular formula is C20H30IN5S. The molecule has 0 saturated carbocycles. The van der Waals surface area contributed by atoms with Crippen molar-refractivity contribution >= 4 is 47.0 Å². The molecule has 7 heteroatoms. The molecule has 1 saturated heterocycles. The summed E-state index contributed by atoms with van der Waals surface area (Å²) in [5.74, 6) is 0.892. The largest absolute Gasteiger partial charge is 0.369 e. The van der Waals surface area contributed by atoms with Crippen molar-refractivity contribution in [1.29, 1.82) is 0 Å². The van der Waals surface area contributed by atoms with Gasteiger partial charge in [0.15, 0.2) is 5.96 Å². The second-order valence-electron chi connectivity index (χ2n) is 6.76. The number of benzene rings is 1. The van der Waals surface area contributed by atoms with E-state index in [0.29, 0.717) is 6.04 Å². The monoisotopic (exact) mass is 499 g/mol. The van der Waals surface area contributed by atoms with Crippen LogP contribution in [0.15, 0.2) is 35.3 Å². The number of nitrogens with zero attached hydrogens (tertiary/aromatic N) is 3. The van der Waals surface area contributed by atoms with Gasteiger partial charge in [-0.3, -0.25) is 4.99 Å². The number of aliphatic imine (C=N–C) groups is 1. The van der Waals surface area contributed by atoms with E-state index in [0.717, 1.165) is 42.7 Å². The molecule has 148 valence electrons. The summed E-state index contributed by atoms with van der Waals surface area (Å²) in [5, 5.41) is 8.19. The summed E-state index contributed by atoms with van der Waals surface area (Å²) in [6.45, 7) is 7.16. The average Bonchev–Trinajstić information content (AvgIpc) is 2.99. The van der Waals surface area contributed by atoms with E-state index in [9.17, 15) is 0 Å². The van der Waals surface area contributed by atoms with E-state index in [1.807, 2.05) is 7.05 Å². The van der Waals surface area contributed by atoms with Crippen molar-refractivity contribution < 1.29 is 0 Å². The number of para-hydroxylation sites is 1. The minimum Gasteiger partial charge on any atom is -0.369 e. The van der Waals surface area contributed by atoms with E-state index in [4.69, 9.17) is 0 Å². The summed E-state index contributed by atoms with van der Waals surface area (Å²) in [6, 6.07) is 11.1. The topological polar surface area (TPSA) is 52.6 Å². The van der Waals surface area contributed by atoms with Crippen LogP contribution in [0.1, 0.15) is 28.4 Å². The minimum atomic E-state index is 0. The van der Waals surface area contributed by atoms with Crippen LogP contribution in [0.4, 0.5) is 5.69 Å². The van der Waals surface area contributed by atoms with Crippen molar-refractivity contribution in [3.05, 3.63) is 45.9 Å². The van der Waals surface area contributed by atoms with Gasteiger partial charge in [0.1, 0.15) is 0 Å². The molecule has 0 amide bonds. The summed E-state index contributed by atoms with van der Waals surface area (Å²) in [4.78, 5) is 12.7. The lowest BCUT2D eigenvalue weighted by molar-refractivity contribution is 0.468. The zero-order chi connectivity index (χ0) is 18.4. The van der Waals surface area contributed by atoms with Crippen LogP contribution in [-0.4, -0.2) is 43.7 Å². The van der Waals surface area contributed by atoms with Crippen molar-refractivity contribution in [2.45, 2.75) is 39.2 Å². The predicted octanol–water partition coefficient (Wildman–Crippen LogP) is 3.75. The molecule has 2 aromatic rings. The van der Waals surface area contributed by atoms with Gasteiger partial charge in [0.25, 0.3) is 0 Å². The molecule has 1 unspecified atom stereocenters. The van der Waals surface area contributed by atoms with Gasteiger partial charge in [-0.05, 0) is 38.8 Å². The number of hydrogen-bond acceptors (Lipinski definition) is 4. The van der Waals surface area contributed by atoms with Gasteiger partial charge in [-0.25, -0.2) is 4.98 Å². The Hall–Kier alpha value is -1.35. The molecule has 1 aliphatic heterocycles. The summed E-state index contributed by atoms with van der Waals surface area (Å²) >= 11 is 1.79. The van der Waals surface area contributed by atoms with Crippen molar-refractivity contribution in [3.8, 4) is 0 Å². The Labute approximate surface area is 183 Å². The highest BCUT2D eigenvalue weighted by Crippen LogP contribution is 2.19. The maximum atomic E-state index is 4.50. The van der Waals surface area contributed by atoms with E-state index in [-0.39, 0.29) is 24.0 Å². The third-order valence-electron chi connectivity index (χ3n) is 4.75. The van der Waals surface area contributed by atoms with Gasteiger partial charge in [0.2, 0.25) is 0 Å². The molecule has 2 heterocycles. The number of rotatable bonds is 5. The number of piperidine rings is 1. The first-order valence-corrected chi connectivity index (χ1v) is 10.2. The van der Waals surface area contributed by atoms with Crippen molar-refractivity contribution in [2.75, 3.05) is 31.6 Å². The van der Waals surface area contributed by atoms with Crippen molar-refractivity contribution in [2.24, 2.45) is 4.99 Å². The van der Waals surface area contributed by atoms with Crippen molar-refractivity contribution in [3.63, 3.8) is 0 Å². The van der Waals surface area contributed by atoms with Crippen LogP contribution in [-0.2, 0) is 6.42 Å². The Morgan fingerprint density at radius 1 is 1.30 bits per heavy atom. The summed E-state index contributed by atoms with van der Waals surface area (Å²) in [7, 11) is 1.84. The number of hydrogen-bond donors (Lipinski definition) is 2. The van der Waals surface area contributed by atoms with Crippen LogP contribution in [0.3, 0.4) is 0 Å². The van der Waals surface area contributed by atoms with Gasteiger partial charge in [0.05, 0.1) is 10.7 Å². The fourth-order valence-corrected chi connectivity index (χ4v) is 4.39. The number of guanidine groups is 1. The van der Waals surface area contributed by atoms with Gasteiger partial charge < -0.3 is 15.5 Å². The number of thiazole rings is 1. The lowest BCUT2D eigenvalue weighted by atomic mass is 10.1. The molecule has 0 spiro atoms. The highest BCUT2D eigenvalue weighted by Gasteiger charge is 2.20. The summed E-state index contributed by atoms with van der Waals surface area (Å²) < 4.78 is 0. The molecular weight excluding hydrogens is 469 g/mol. The molecule has 3 rings (SSSR count). The van der Waals surface area contributed by atoms with E-state index in [1.165, 1.54) is 23.4 Å². The number of nitrogens with one attached hydrogen (secondary N) is 2. The molecule has 5 nitrogen and oxygen atoms in total. The molecule has 27 heavy (non-hydrogen) atoms. The maximum absolute atomic E-state index is 4.50. The van der Waals surface area contributed by atoms with Gasteiger partial charge >= 0.3 is 0 Å². The van der Waals surface area contributed by atoms with Crippen LogP contribution in [0.5, 0.6) is 0 Å². The standard InChI is InChI=1S/C20H29N5S.HI/c1-15-19(26-16(2)23-15)11-12-22-20(21-3)24-17-8-7-13-25(14-17)18-9-5-4-6-10-18;/h4-6,9-10,17H,7-8,11-14H2,1-3H3,(H2,21,22,24);1H. The van der Waals surface area contributed by atoms with Gasteiger partial charge in [-0.2, -0.15) is 0 Å². The first kappa shape index (κ1) is 21.9. The Morgan fingerprint density at radius 2 is 2.07 bits per heavy atom. The number of halogens is 1. The van der Waals surface area contributed by atoms with E-state index in [2.05, 4.69) is 69.7 Å². The molecule has 1 aromatic heterocycles. The molecule has 0 bridgehead atoms. The van der Waals surface area contributed by atoms with E-state index < -0.39 is 0 Å². The molecule has 1 atom stereocenters. The molecule has 2 N–H and O–H groups in total. The predicted molar refractivity (Wildman–Crippen MR) is 127 cm³/mol. The Morgan fingerprint density at radius 3 is 2.74 bits per heavy atom. The zero-order valence-corrected chi connectivity index (χ0v) is 19.5. The van der Waals surface area contributed by atoms with Gasteiger partial charge in [-0.15, -0.1) is 35.3 Å². The molecule has 1 aromatic carbocycles. The van der Waals surface area contributed by atoms with Crippen LogP contribution in [0.25, 0.3) is 0 Å². The number of aryl methyl sites for hydroxylation is 2. The maximum Gasteiger partial charge on any atom is 0.191 e. The van der Waals surface area contributed by atoms with Gasteiger partial charge in [0, 0.05) is 49.7 Å². The fraction of sp³-hybridized carbons (Fsp3) is 0.500. The average molecular weight is 499 g/mol. The van der Waals surface area contributed by atoms with E-state index >= 15 is 0 Å². The highest BCUT2D eigenvalue weighted by molar-refractivity contribution is 14.0. The second kappa shape index (κ2) is 10.8. The Balaban J connectivity index is 0.00000261. The Bertz CT molecular complexity index is 731. The van der Waals surface area contributed by atoms with E-state index in [1.54, 1.807) is 11.3 Å².